The molecule has 0 bridgehead atoms. The van der Waals surface area contributed by atoms with E-state index in [0.29, 0.717) is 23.8 Å². The van der Waals surface area contributed by atoms with Crippen LogP contribution in [0.15, 0.2) is 18.2 Å². The molecule has 2 rings (SSSR count). The number of carbonyl (C=O) groups is 1. The molecule has 0 spiro atoms. The summed E-state index contributed by atoms with van der Waals surface area (Å²) in [6.07, 6.45) is 0.142. The summed E-state index contributed by atoms with van der Waals surface area (Å²) in [5.41, 5.74) is 0.531. The fourth-order valence-electron chi connectivity index (χ4n) is 2.15. The Balaban J connectivity index is 2.09. The third-order valence-corrected chi connectivity index (χ3v) is 3.61. The Labute approximate surface area is 110 Å². The molecule has 3 nitrogen and oxygen atoms in total. The van der Waals surface area contributed by atoms with E-state index in [2.05, 4.69) is 5.32 Å². The van der Waals surface area contributed by atoms with Crippen molar-refractivity contribution in [2.24, 2.45) is 5.92 Å². The van der Waals surface area contributed by atoms with Crippen LogP contribution in [0.5, 0.6) is 0 Å². The van der Waals surface area contributed by atoms with Gasteiger partial charge < -0.3 is 10.1 Å². The van der Waals surface area contributed by atoms with Crippen molar-refractivity contribution in [3.63, 3.8) is 0 Å². The summed E-state index contributed by atoms with van der Waals surface area (Å²) >= 11 is 5.95. The van der Waals surface area contributed by atoms with E-state index in [0.717, 1.165) is 0 Å². The lowest BCUT2D eigenvalue weighted by molar-refractivity contribution is -0.122. The number of Topliss-reactive ketones (excluding diaryl/α,β-unsaturated/α-hetero) is 1. The fraction of sp³-hybridized carbons (Fsp3) is 0.462. The summed E-state index contributed by atoms with van der Waals surface area (Å²) < 4.78 is 18.4. The summed E-state index contributed by atoms with van der Waals surface area (Å²) in [4.78, 5) is 12.1. The van der Waals surface area contributed by atoms with Gasteiger partial charge in [-0.15, -0.1) is 0 Å². The van der Waals surface area contributed by atoms with Crippen LogP contribution in [0.4, 0.5) is 4.39 Å². The van der Waals surface area contributed by atoms with Crippen LogP contribution in [0.25, 0.3) is 0 Å². The van der Waals surface area contributed by atoms with Gasteiger partial charge in [0, 0.05) is 17.5 Å². The standard InChI is InChI=1S/C13H15ClFNO2/c1-16-12-7-18-6-10(12)13(17)5-8-4-9(15)2-3-11(8)14/h2-4,10,12,16H,5-7H2,1H3. The SMILES string of the molecule is CNC1COCC1C(=O)Cc1cc(F)ccc1Cl. The summed E-state index contributed by atoms with van der Waals surface area (Å²) in [6.45, 7) is 0.946. The molecule has 2 unspecified atom stereocenters. The van der Waals surface area contributed by atoms with Gasteiger partial charge in [0.15, 0.2) is 0 Å². The number of benzene rings is 1. The van der Waals surface area contributed by atoms with Crippen molar-refractivity contribution in [2.75, 3.05) is 20.3 Å². The minimum absolute atomic E-state index is 0.0272. The van der Waals surface area contributed by atoms with Gasteiger partial charge in [-0.05, 0) is 30.8 Å². The third-order valence-electron chi connectivity index (χ3n) is 3.24. The number of carbonyl (C=O) groups excluding carboxylic acids is 1. The zero-order valence-electron chi connectivity index (χ0n) is 10.1. The monoisotopic (exact) mass is 271 g/mol. The van der Waals surface area contributed by atoms with E-state index in [9.17, 15) is 9.18 Å². The highest BCUT2D eigenvalue weighted by Crippen LogP contribution is 2.22. The molecule has 0 aliphatic carbocycles. The van der Waals surface area contributed by atoms with E-state index in [-0.39, 0.29) is 30.0 Å². The Morgan fingerprint density at radius 2 is 2.33 bits per heavy atom. The minimum atomic E-state index is -0.380. The summed E-state index contributed by atoms with van der Waals surface area (Å²) in [5, 5.41) is 3.47. The molecule has 2 atom stereocenters. The Kier molecular flexibility index (Phi) is 4.32. The van der Waals surface area contributed by atoms with Crippen LogP contribution in [0, 0.1) is 11.7 Å². The second kappa shape index (κ2) is 5.78. The van der Waals surface area contributed by atoms with Crippen LogP contribution in [0.1, 0.15) is 5.56 Å². The van der Waals surface area contributed by atoms with Crippen molar-refractivity contribution >= 4 is 17.4 Å². The summed E-state index contributed by atoms with van der Waals surface area (Å²) in [6, 6.07) is 4.10. The fourth-order valence-corrected chi connectivity index (χ4v) is 2.34. The van der Waals surface area contributed by atoms with E-state index in [4.69, 9.17) is 16.3 Å². The Bertz CT molecular complexity index is 453. The molecule has 1 fully saturated rings. The average molecular weight is 272 g/mol. The Morgan fingerprint density at radius 3 is 3.06 bits per heavy atom. The molecule has 0 amide bonds. The van der Waals surface area contributed by atoms with Gasteiger partial charge in [0.05, 0.1) is 19.1 Å². The number of ether oxygens (including phenoxy) is 1. The van der Waals surface area contributed by atoms with Crippen molar-refractivity contribution in [1.82, 2.24) is 5.32 Å². The van der Waals surface area contributed by atoms with Crippen molar-refractivity contribution in [2.45, 2.75) is 12.5 Å². The number of nitrogens with one attached hydrogen (secondary N) is 1. The van der Waals surface area contributed by atoms with Crippen LogP contribution in [0.2, 0.25) is 5.02 Å². The molecule has 0 aromatic heterocycles. The minimum Gasteiger partial charge on any atom is -0.379 e. The van der Waals surface area contributed by atoms with Gasteiger partial charge >= 0.3 is 0 Å². The second-order valence-corrected chi connectivity index (χ2v) is 4.83. The molecule has 1 aromatic carbocycles. The number of ketones is 1. The predicted octanol–water partition coefficient (Wildman–Crippen LogP) is 1.83. The Morgan fingerprint density at radius 1 is 1.56 bits per heavy atom. The maximum atomic E-state index is 13.1. The number of rotatable bonds is 4. The largest absolute Gasteiger partial charge is 0.379 e. The third kappa shape index (κ3) is 2.88. The molecule has 18 heavy (non-hydrogen) atoms. The molecular weight excluding hydrogens is 257 g/mol. The van der Waals surface area contributed by atoms with Crippen molar-refractivity contribution in [3.05, 3.63) is 34.6 Å². The first-order valence-electron chi connectivity index (χ1n) is 5.83. The molecular formula is C13H15ClFNO2. The van der Waals surface area contributed by atoms with Crippen LogP contribution >= 0.6 is 11.6 Å². The zero-order valence-corrected chi connectivity index (χ0v) is 10.8. The molecule has 1 saturated heterocycles. The van der Waals surface area contributed by atoms with Gasteiger partial charge in [0.25, 0.3) is 0 Å². The molecule has 1 heterocycles. The van der Waals surface area contributed by atoms with E-state index in [1.54, 1.807) is 7.05 Å². The smallest absolute Gasteiger partial charge is 0.144 e. The van der Waals surface area contributed by atoms with E-state index in [1.165, 1.54) is 18.2 Å². The van der Waals surface area contributed by atoms with Crippen molar-refractivity contribution < 1.29 is 13.9 Å². The van der Waals surface area contributed by atoms with Crippen LogP contribution < -0.4 is 5.32 Å². The van der Waals surface area contributed by atoms with Gasteiger partial charge in [-0.2, -0.15) is 0 Å². The molecule has 1 aromatic rings. The number of likely N-dealkylation sites (N-methyl/N-ethyl adjacent to an activating group) is 1. The maximum Gasteiger partial charge on any atom is 0.144 e. The van der Waals surface area contributed by atoms with Gasteiger partial charge in [0.2, 0.25) is 0 Å². The lowest BCUT2D eigenvalue weighted by Crippen LogP contribution is -2.37. The first-order valence-corrected chi connectivity index (χ1v) is 6.21. The number of halogens is 2. The van der Waals surface area contributed by atoms with Gasteiger partial charge in [-0.1, -0.05) is 11.6 Å². The first-order chi connectivity index (χ1) is 8.61. The van der Waals surface area contributed by atoms with Crippen molar-refractivity contribution in [3.8, 4) is 0 Å². The highest BCUT2D eigenvalue weighted by molar-refractivity contribution is 6.31. The van der Waals surface area contributed by atoms with Gasteiger partial charge in [-0.25, -0.2) is 4.39 Å². The normalized spacial score (nSPS) is 23.3. The van der Waals surface area contributed by atoms with Crippen LogP contribution in [-0.2, 0) is 16.0 Å². The van der Waals surface area contributed by atoms with Crippen LogP contribution in [0.3, 0.4) is 0 Å². The Hall–Kier alpha value is -0.970. The molecule has 1 aliphatic heterocycles. The average Bonchev–Trinajstić information content (AvgIpc) is 2.82. The molecule has 1 N–H and O–H groups in total. The number of hydrogen-bond acceptors (Lipinski definition) is 3. The lowest BCUT2D eigenvalue weighted by Gasteiger charge is -2.15. The number of hydrogen-bond donors (Lipinski definition) is 1. The maximum absolute atomic E-state index is 13.1. The summed E-state index contributed by atoms with van der Waals surface area (Å²) in [7, 11) is 1.80. The van der Waals surface area contributed by atoms with E-state index >= 15 is 0 Å². The highest BCUT2D eigenvalue weighted by Gasteiger charge is 2.32. The van der Waals surface area contributed by atoms with E-state index in [1.807, 2.05) is 0 Å². The van der Waals surface area contributed by atoms with Gasteiger partial charge in [0.1, 0.15) is 11.6 Å². The predicted molar refractivity (Wildman–Crippen MR) is 67.3 cm³/mol. The summed E-state index contributed by atoms with van der Waals surface area (Å²) in [5.74, 6) is -0.538. The molecule has 98 valence electrons. The first kappa shape index (κ1) is 13.5. The molecule has 0 saturated carbocycles. The van der Waals surface area contributed by atoms with E-state index < -0.39 is 0 Å². The zero-order chi connectivity index (χ0) is 13.1. The van der Waals surface area contributed by atoms with Crippen LogP contribution in [-0.4, -0.2) is 32.1 Å². The van der Waals surface area contributed by atoms with Gasteiger partial charge in [-0.3, -0.25) is 4.79 Å². The van der Waals surface area contributed by atoms with Crippen molar-refractivity contribution in [1.29, 1.82) is 0 Å². The topological polar surface area (TPSA) is 38.3 Å². The second-order valence-electron chi connectivity index (χ2n) is 4.42. The highest BCUT2D eigenvalue weighted by atomic mass is 35.5. The molecule has 0 radical (unpaired) electrons. The molecule has 5 heteroatoms. The quantitative estimate of drug-likeness (QED) is 0.908. The lowest BCUT2D eigenvalue weighted by atomic mass is 9.94. The molecule has 1 aliphatic rings.